The van der Waals surface area contributed by atoms with Gasteiger partial charge in [0.25, 0.3) is 0 Å². The number of rotatable bonds is 5. The van der Waals surface area contributed by atoms with Crippen LogP contribution in [0, 0.1) is 0 Å². The zero-order chi connectivity index (χ0) is 22.3. The van der Waals surface area contributed by atoms with E-state index in [1.165, 1.54) is 0 Å². The molecule has 0 aromatic carbocycles. The van der Waals surface area contributed by atoms with Crippen molar-refractivity contribution in [3.63, 3.8) is 0 Å². The van der Waals surface area contributed by atoms with Crippen LogP contribution in [-0.2, 0) is 16.1 Å². The molecule has 0 amide bonds. The van der Waals surface area contributed by atoms with Crippen molar-refractivity contribution in [2.75, 3.05) is 18.5 Å². The van der Waals surface area contributed by atoms with Gasteiger partial charge in [0.05, 0.1) is 23.0 Å². The first kappa shape index (κ1) is 20.5. The molecule has 2 aliphatic heterocycles. The van der Waals surface area contributed by atoms with Crippen LogP contribution in [0.5, 0.6) is 0 Å². The predicted octanol–water partition coefficient (Wildman–Crippen LogP) is 2.53. The minimum Gasteiger partial charge on any atom is -0.381 e. The fraction of sp³-hybridized carbons (Fsp3) is 0.591. The van der Waals surface area contributed by atoms with Gasteiger partial charge in [0.1, 0.15) is 5.60 Å². The van der Waals surface area contributed by atoms with Gasteiger partial charge in [0, 0.05) is 43.5 Å². The van der Waals surface area contributed by atoms with E-state index < -0.39 is 0 Å². The Morgan fingerprint density at radius 2 is 2.03 bits per heavy atom. The largest absolute Gasteiger partial charge is 0.381 e. The van der Waals surface area contributed by atoms with Crippen LogP contribution in [0.1, 0.15) is 62.8 Å². The lowest BCUT2D eigenvalue weighted by atomic mass is 9.78. The lowest BCUT2D eigenvalue weighted by Gasteiger charge is -2.32. The van der Waals surface area contributed by atoms with Crippen molar-refractivity contribution in [3.8, 4) is 0 Å². The van der Waals surface area contributed by atoms with Gasteiger partial charge in [-0.05, 0) is 51.5 Å². The number of tetrazole rings is 1. The van der Waals surface area contributed by atoms with E-state index in [1.807, 2.05) is 17.1 Å². The van der Waals surface area contributed by atoms with Gasteiger partial charge < -0.3 is 10.1 Å². The maximum Gasteiger partial charge on any atom is 0.177 e. The average molecular weight is 452 g/mol. The van der Waals surface area contributed by atoms with Crippen LogP contribution in [0.4, 0.5) is 5.69 Å². The number of nitrogens with zero attached hydrogens (tertiary/aromatic N) is 6. The minimum atomic E-state index is -0.325. The number of hydroxylamine groups is 1. The molecule has 5 heterocycles. The molecule has 3 N–H and O–H groups in total. The van der Waals surface area contributed by atoms with Crippen molar-refractivity contribution in [3.05, 3.63) is 29.9 Å². The highest BCUT2D eigenvalue weighted by Crippen LogP contribution is 2.44. The van der Waals surface area contributed by atoms with Gasteiger partial charge >= 0.3 is 0 Å². The summed E-state index contributed by atoms with van der Waals surface area (Å²) in [5.74, 6) is 1.12. The summed E-state index contributed by atoms with van der Waals surface area (Å²) in [6, 6.07) is 0.357. The fourth-order valence-electron chi connectivity index (χ4n) is 5.23. The van der Waals surface area contributed by atoms with E-state index in [0.29, 0.717) is 12.0 Å². The van der Waals surface area contributed by atoms with E-state index in [4.69, 9.17) is 14.6 Å². The van der Waals surface area contributed by atoms with Crippen LogP contribution in [0.25, 0.3) is 16.7 Å². The molecule has 1 saturated heterocycles. The number of aryl methyl sites for hydroxylation is 1. The maximum atomic E-state index is 6.19. The molecule has 3 aliphatic rings. The van der Waals surface area contributed by atoms with Crippen LogP contribution in [0.15, 0.2) is 18.5 Å². The highest BCUT2D eigenvalue weighted by molar-refractivity contribution is 5.95. The summed E-state index contributed by atoms with van der Waals surface area (Å²) in [6.07, 6.45) is 11.8. The molecule has 11 nitrogen and oxygen atoms in total. The molecular formula is C22H29N9O2. The normalized spacial score (nSPS) is 26.0. The second-order valence-corrected chi connectivity index (χ2v) is 9.15. The number of hydrogen-bond donors (Lipinski definition) is 3. The molecule has 1 spiro atoms. The first-order valence-electron chi connectivity index (χ1n) is 11.8. The van der Waals surface area contributed by atoms with E-state index in [2.05, 4.69) is 49.5 Å². The Bertz CT molecular complexity index is 1140. The third-order valence-corrected chi connectivity index (χ3v) is 7.16. The number of H-pyrrole nitrogens is 1. The number of pyridine rings is 1. The number of hydrogen-bond acceptors (Lipinski definition) is 9. The number of anilines is 1. The molecule has 2 fully saturated rings. The zero-order valence-corrected chi connectivity index (χ0v) is 18.8. The van der Waals surface area contributed by atoms with Gasteiger partial charge in [-0.2, -0.15) is 10.3 Å². The van der Waals surface area contributed by atoms with Crippen LogP contribution >= 0.6 is 0 Å². The molecule has 0 radical (unpaired) electrons. The Balaban J connectivity index is 1.31. The lowest BCUT2D eigenvalue weighted by molar-refractivity contribution is -0.0589. The van der Waals surface area contributed by atoms with Crippen LogP contribution in [0.3, 0.4) is 0 Å². The Kier molecular flexibility index (Phi) is 5.22. The summed E-state index contributed by atoms with van der Waals surface area (Å²) in [5.41, 5.74) is 6.83. The number of aromatic nitrogens is 7. The predicted molar refractivity (Wildman–Crippen MR) is 121 cm³/mol. The summed E-state index contributed by atoms with van der Waals surface area (Å²) < 4.78 is 7.49. The Labute approximate surface area is 191 Å². The first-order valence-corrected chi connectivity index (χ1v) is 11.8. The highest BCUT2D eigenvalue weighted by atomic mass is 16.7. The topological polar surface area (TPSA) is 128 Å². The summed E-state index contributed by atoms with van der Waals surface area (Å²) in [5, 5.41) is 24.0. The molecule has 3 aromatic heterocycles. The summed E-state index contributed by atoms with van der Waals surface area (Å²) in [7, 11) is 0. The van der Waals surface area contributed by atoms with E-state index in [0.717, 1.165) is 92.1 Å². The van der Waals surface area contributed by atoms with Gasteiger partial charge in [0.2, 0.25) is 0 Å². The van der Waals surface area contributed by atoms with E-state index in [9.17, 15) is 0 Å². The Morgan fingerprint density at radius 1 is 1.18 bits per heavy atom. The first-order chi connectivity index (χ1) is 16.2. The monoisotopic (exact) mass is 451 g/mol. The van der Waals surface area contributed by atoms with Crippen molar-refractivity contribution in [1.82, 2.24) is 40.9 Å². The molecule has 0 unspecified atom stereocenters. The zero-order valence-electron chi connectivity index (χ0n) is 18.8. The minimum absolute atomic E-state index is 0.319. The third-order valence-electron chi connectivity index (χ3n) is 7.16. The van der Waals surface area contributed by atoms with E-state index in [-0.39, 0.29) is 5.60 Å². The molecule has 1 aliphatic carbocycles. The summed E-state index contributed by atoms with van der Waals surface area (Å²) >= 11 is 0. The molecule has 1 saturated carbocycles. The highest BCUT2D eigenvalue weighted by Gasteiger charge is 2.41. The third kappa shape index (κ3) is 3.74. The van der Waals surface area contributed by atoms with Gasteiger partial charge in [0.15, 0.2) is 11.5 Å². The molecule has 174 valence electrons. The molecular weight excluding hydrogens is 422 g/mol. The molecule has 0 bridgehead atoms. The van der Waals surface area contributed by atoms with Crippen LogP contribution in [0.2, 0.25) is 0 Å². The van der Waals surface area contributed by atoms with Crippen molar-refractivity contribution in [2.45, 2.75) is 69.6 Å². The molecule has 0 atom stereocenters. The van der Waals surface area contributed by atoms with Gasteiger partial charge in [-0.3, -0.25) is 10.3 Å². The average Bonchev–Trinajstić information content (AvgIpc) is 3.61. The number of fused-ring (bicyclic) bond motifs is 1. The fourth-order valence-corrected chi connectivity index (χ4v) is 5.23. The lowest BCUT2D eigenvalue weighted by Crippen LogP contribution is -2.34. The SMILES string of the molecule is CCn1ncc2c(NC3CCOCC3)c(C3=CC4(CCC(c5nn[nH]n5)CC4)ON3)cnc21. The van der Waals surface area contributed by atoms with Gasteiger partial charge in [-0.1, -0.05) is 5.21 Å². The van der Waals surface area contributed by atoms with Crippen LogP contribution < -0.4 is 10.8 Å². The molecule has 11 heteroatoms. The second-order valence-electron chi connectivity index (χ2n) is 9.15. The number of nitrogens with one attached hydrogen (secondary N) is 3. The van der Waals surface area contributed by atoms with Crippen LogP contribution in [-0.4, -0.2) is 60.2 Å². The smallest absolute Gasteiger partial charge is 0.177 e. The molecule has 3 aromatic rings. The van der Waals surface area contributed by atoms with Gasteiger partial charge in [-0.25, -0.2) is 9.67 Å². The van der Waals surface area contributed by atoms with E-state index in [1.54, 1.807) is 0 Å². The Morgan fingerprint density at radius 3 is 2.79 bits per heavy atom. The van der Waals surface area contributed by atoms with E-state index >= 15 is 0 Å². The standard InChI is InChI=1S/C22H29N9O2/c1-2-31-21-17(13-24-31)19(25-15-5-9-32-10-6-15)16(12-23-21)18-11-22(33-28-18)7-3-14(4-8-22)20-26-29-30-27-20/h11-15,28H,2-10H2,1H3,(H,23,25)(H,26,27,29,30). The number of aromatic amines is 1. The summed E-state index contributed by atoms with van der Waals surface area (Å²) in [4.78, 5) is 11.0. The number of ether oxygens (including phenoxy) is 1. The molecule has 33 heavy (non-hydrogen) atoms. The van der Waals surface area contributed by atoms with Crippen molar-refractivity contribution in [2.24, 2.45) is 0 Å². The second kappa shape index (κ2) is 8.38. The van der Waals surface area contributed by atoms with Crippen molar-refractivity contribution >= 4 is 22.4 Å². The maximum absolute atomic E-state index is 6.19. The van der Waals surface area contributed by atoms with Crippen molar-refractivity contribution < 1.29 is 9.57 Å². The molecule has 6 rings (SSSR count). The summed E-state index contributed by atoms with van der Waals surface area (Å²) in [6.45, 7) is 4.42. The van der Waals surface area contributed by atoms with Crippen molar-refractivity contribution in [1.29, 1.82) is 0 Å². The Hall–Kier alpha value is -3.05. The van der Waals surface area contributed by atoms with Gasteiger partial charge in [-0.15, -0.1) is 10.2 Å². The quantitative estimate of drug-likeness (QED) is 0.536.